The summed E-state index contributed by atoms with van der Waals surface area (Å²) in [5.41, 5.74) is -0.00520. The third-order valence-electron chi connectivity index (χ3n) is 4.71. The largest absolute Gasteiger partial charge is 0.478 e. The zero-order valence-corrected chi connectivity index (χ0v) is 16.2. The minimum absolute atomic E-state index is 0.0128. The van der Waals surface area contributed by atoms with E-state index in [9.17, 15) is 23.1 Å². The molecule has 0 aromatic heterocycles. The number of sulfonamides is 1. The molecule has 0 heterocycles. The Bertz CT molecular complexity index is 1100. The van der Waals surface area contributed by atoms with Crippen molar-refractivity contribution in [3.05, 3.63) is 59.2 Å². The van der Waals surface area contributed by atoms with Gasteiger partial charge in [0.1, 0.15) is 0 Å². The smallest absolute Gasteiger partial charge is 0.337 e. The van der Waals surface area contributed by atoms with Crippen molar-refractivity contribution in [1.29, 1.82) is 5.26 Å². The molecule has 1 fully saturated rings. The van der Waals surface area contributed by atoms with Crippen LogP contribution in [-0.4, -0.2) is 31.4 Å². The summed E-state index contributed by atoms with van der Waals surface area (Å²) in [6.07, 6.45) is 3.53. The number of amides is 1. The molecule has 0 bridgehead atoms. The van der Waals surface area contributed by atoms with Crippen LogP contribution in [0.3, 0.4) is 0 Å². The number of hydrogen-bond donors (Lipinski definition) is 3. The molecule has 1 aliphatic carbocycles. The van der Waals surface area contributed by atoms with Gasteiger partial charge in [-0.15, -0.1) is 0 Å². The molecule has 1 aliphatic rings. The fourth-order valence-corrected chi connectivity index (χ4v) is 4.58. The molecule has 0 aliphatic heterocycles. The highest BCUT2D eigenvalue weighted by molar-refractivity contribution is 7.89. The van der Waals surface area contributed by atoms with E-state index in [1.165, 1.54) is 36.4 Å². The van der Waals surface area contributed by atoms with Gasteiger partial charge in [-0.05, 0) is 49.2 Å². The molecule has 0 radical (unpaired) electrons. The third-order valence-corrected chi connectivity index (χ3v) is 6.23. The summed E-state index contributed by atoms with van der Waals surface area (Å²) >= 11 is 0. The van der Waals surface area contributed by atoms with Crippen LogP contribution in [0.1, 0.15) is 52.0 Å². The van der Waals surface area contributed by atoms with E-state index in [0.29, 0.717) is 0 Å². The summed E-state index contributed by atoms with van der Waals surface area (Å²) < 4.78 is 27.8. The second-order valence-corrected chi connectivity index (χ2v) is 8.48. The predicted molar refractivity (Wildman–Crippen MR) is 105 cm³/mol. The molecule has 9 heteroatoms. The number of rotatable bonds is 6. The van der Waals surface area contributed by atoms with E-state index in [-0.39, 0.29) is 33.3 Å². The molecule has 150 valence electrons. The van der Waals surface area contributed by atoms with E-state index in [1.54, 1.807) is 0 Å². The Morgan fingerprint density at radius 2 is 1.83 bits per heavy atom. The molecule has 29 heavy (non-hydrogen) atoms. The van der Waals surface area contributed by atoms with Gasteiger partial charge in [0.2, 0.25) is 10.0 Å². The highest BCUT2D eigenvalue weighted by Gasteiger charge is 2.24. The monoisotopic (exact) mass is 413 g/mol. The molecule has 8 nitrogen and oxygen atoms in total. The lowest BCUT2D eigenvalue weighted by atomic mass is 10.1. The molecule has 1 saturated carbocycles. The van der Waals surface area contributed by atoms with Crippen LogP contribution in [0.15, 0.2) is 47.4 Å². The average Bonchev–Trinajstić information content (AvgIpc) is 3.20. The van der Waals surface area contributed by atoms with Gasteiger partial charge in [0.15, 0.2) is 0 Å². The fourth-order valence-electron chi connectivity index (χ4n) is 3.23. The van der Waals surface area contributed by atoms with Gasteiger partial charge in [-0.3, -0.25) is 4.79 Å². The van der Waals surface area contributed by atoms with Gasteiger partial charge < -0.3 is 10.4 Å². The number of carboxylic acid groups (broad SMARTS) is 1. The number of carbonyl (C=O) groups excluding carboxylic acids is 1. The lowest BCUT2D eigenvalue weighted by Gasteiger charge is -2.13. The summed E-state index contributed by atoms with van der Waals surface area (Å²) in [5.74, 6) is -1.95. The zero-order chi connectivity index (χ0) is 21.0. The first-order chi connectivity index (χ1) is 13.8. The van der Waals surface area contributed by atoms with E-state index >= 15 is 0 Å². The van der Waals surface area contributed by atoms with Crippen LogP contribution in [0.5, 0.6) is 0 Å². The fraction of sp³-hybridized carbons (Fsp3) is 0.250. The van der Waals surface area contributed by atoms with Crippen LogP contribution in [0, 0.1) is 11.3 Å². The molecule has 0 unspecified atom stereocenters. The first-order valence-electron chi connectivity index (χ1n) is 9.01. The van der Waals surface area contributed by atoms with Crippen LogP contribution in [0.25, 0.3) is 0 Å². The van der Waals surface area contributed by atoms with Crippen LogP contribution in [-0.2, 0) is 10.0 Å². The van der Waals surface area contributed by atoms with Crippen molar-refractivity contribution in [2.75, 3.05) is 5.32 Å². The van der Waals surface area contributed by atoms with Crippen molar-refractivity contribution in [3.8, 4) is 6.07 Å². The Hall–Kier alpha value is -3.22. The lowest BCUT2D eigenvalue weighted by Crippen LogP contribution is -2.32. The summed E-state index contributed by atoms with van der Waals surface area (Å²) in [5, 5.41) is 20.7. The van der Waals surface area contributed by atoms with Crippen LogP contribution in [0.4, 0.5) is 5.69 Å². The van der Waals surface area contributed by atoms with Crippen molar-refractivity contribution in [2.24, 2.45) is 0 Å². The molecule has 0 atom stereocenters. The molecule has 0 spiro atoms. The molecule has 2 aromatic rings. The lowest BCUT2D eigenvalue weighted by molar-refractivity contribution is 0.0698. The van der Waals surface area contributed by atoms with Gasteiger partial charge in [0.05, 0.1) is 27.8 Å². The Morgan fingerprint density at radius 1 is 1.10 bits per heavy atom. The molecule has 3 N–H and O–H groups in total. The van der Waals surface area contributed by atoms with E-state index < -0.39 is 21.9 Å². The van der Waals surface area contributed by atoms with E-state index in [4.69, 9.17) is 5.26 Å². The predicted octanol–water partition coefficient (Wildman–Crippen LogP) is 2.73. The highest BCUT2D eigenvalue weighted by atomic mass is 32.2. The van der Waals surface area contributed by atoms with E-state index in [0.717, 1.165) is 31.7 Å². The maximum absolute atomic E-state index is 12.6. The number of aromatic carboxylic acids is 1. The number of carboxylic acids is 1. The van der Waals surface area contributed by atoms with E-state index in [2.05, 4.69) is 10.0 Å². The van der Waals surface area contributed by atoms with Crippen LogP contribution in [0.2, 0.25) is 0 Å². The molecular formula is C20H19N3O5S. The number of anilines is 1. The first kappa shape index (κ1) is 20.5. The first-order valence-corrected chi connectivity index (χ1v) is 10.5. The van der Waals surface area contributed by atoms with Gasteiger partial charge in [0.25, 0.3) is 5.91 Å². The normalized spacial score (nSPS) is 14.3. The number of nitriles is 1. The second kappa shape index (κ2) is 8.43. The van der Waals surface area contributed by atoms with Crippen molar-refractivity contribution in [3.63, 3.8) is 0 Å². The third kappa shape index (κ3) is 4.80. The standard InChI is InChI=1S/C20H19N3O5S/c21-12-13-8-9-18(17(10-13)20(25)26)22-19(24)14-4-3-7-16(11-14)29(27,28)23-15-5-1-2-6-15/h3-4,7-11,15,23H,1-2,5-6H2,(H,22,24)(H,25,26). The Labute approximate surface area is 168 Å². The minimum atomic E-state index is -3.76. The summed E-state index contributed by atoms with van der Waals surface area (Å²) in [6.45, 7) is 0. The van der Waals surface area contributed by atoms with E-state index in [1.807, 2.05) is 6.07 Å². The Morgan fingerprint density at radius 3 is 2.48 bits per heavy atom. The number of benzene rings is 2. The molecule has 3 rings (SSSR count). The van der Waals surface area contributed by atoms with Gasteiger partial charge >= 0.3 is 5.97 Å². The van der Waals surface area contributed by atoms with Crippen molar-refractivity contribution in [2.45, 2.75) is 36.6 Å². The quantitative estimate of drug-likeness (QED) is 0.666. The number of nitrogens with zero attached hydrogens (tertiary/aromatic N) is 1. The van der Waals surface area contributed by atoms with Crippen molar-refractivity contribution < 1.29 is 23.1 Å². The maximum atomic E-state index is 12.6. The topological polar surface area (TPSA) is 136 Å². The second-order valence-electron chi connectivity index (χ2n) is 6.76. The average molecular weight is 413 g/mol. The van der Waals surface area contributed by atoms with Crippen LogP contribution < -0.4 is 10.0 Å². The summed E-state index contributed by atoms with van der Waals surface area (Å²) in [7, 11) is -3.76. The maximum Gasteiger partial charge on any atom is 0.337 e. The zero-order valence-electron chi connectivity index (χ0n) is 15.4. The van der Waals surface area contributed by atoms with Crippen molar-refractivity contribution in [1.82, 2.24) is 4.72 Å². The molecule has 2 aromatic carbocycles. The van der Waals surface area contributed by atoms with Gasteiger partial charge in [-0.1, -0.05) is 18.9 Å². The number of hydrogen-bond acceptors (Lipinski definition) is 5. The number of carbonyl (C=O) groups is 2. The van der Waals surface area contributed by atoms with Gasteiger partial charge in [-0.2, -0.15) is 5.26 Å². The molecule has 0 saturated heterocycles. The minimum Gasteiger partial charge on any atom is -0.478 e. The van der Waals surface area contributed by atoms with Gasteiger partial charge in [0, 0.05) is 11.6 Å². The van der Waals surface area contributed by atoms with Gasteiger partial charge in [-0.25, -0.2) is 17.9 Å². The SMILES string of the molecule is N#Cc1ccc(NC(=O)c2cccc(S(=O)(=O)NC3CCCC3)c2)c(C(=O)O)c1. The highest BCUT2D eigenvalue weighted by Crippen LogP contribution is 2.22. The summed E-state index contributed by atoms with van der Waals surface area (Å²) in [6, 6.07) is 11.1. The molecule has 1 amide bonds. The Balaban J connectivity index is 1.83. The molecular weight excluding hydrogens is 394 g/mol. The Kier molecular flexibility index (Phi) is 5.96. The van der Waals surface area contributed by atoms with Crippen molar-refractivity contribution >= 4 is 27.6 Å². The summed E-state index contributed by atoms with van der Waals surface area (Å²) in [4.78, 5) is 24.0. The van der Waals surface area contributed by atoms with Crippen LogP contribution >= 0.6 is 0 Å². The number of nitrogens with one attached hydrogen (secondary N) is 2.